The monoisotopic (exact) mass is 928 g/mol. The fourth-order valence-corrected chi connectivity index (χ4v) is 8.58. The van der Waals surface area contributed by atoms with E-state index in [2.05, 4.69) is 5.32 Å². The number of nitrogens with zero attached hydrogens (tertiary/aromatic N) is 1. The third kappa shape index (κ3) is 11.8. The van der Waals surface area contributed by atoms with E-state index in [4.69, 9.17) is 37.9 Å². The number of anilines is 1. The van der Waals surface area contributed by atoms with Gasteiger partial charge in [0.15, 0.2) is 5.75 Å². The highest BCUT2D eigenvalue weighted by atomic mass is 16.7. The number of methoxy groups -OCH3 is 1. The van der Waals surface area contributed by atoms with Crippen LogP contribution in [0, 0.1) is 30.6 Å². The second-order valence-corrected chi connectivity index (χ2v) is 17.4. The Morgan fingerprint density at radius 3 is 1.98 bits per heavy atom. The molecule has 18 heteroatoms. The molecule has 0 aromatic heterocycles. The van der Waals surface area contributed by atoms with E-state index in [1.54, 1.807) is 39.8 Å². The van der Waals surface area contributed by atoms with Crippen LogP contribution in [0.4, 0.5) is 5.69 Å². The summed E-state index contributed by atoms with van der Waals surface area (Å²) in [6.45, 7) is 15.7. The summed E-state index contributed by atoms with van der Waals surface area (Å²) in [4.78, 5) is 43.0. The highest BCUT2D eigenvalue weighted by molar-refractivity contribution is 6.22. The molecule has 18 nitrogen and oxygen atoms in total. The molecule has 0 aliphatic carbocycles. The molecular formula is C48H68N2O16. The summed E-state index contributed by atoms with van der Waals surface area (Å²) >= 11 is 0. The number of ether oxygens (including phenoxy) is 8. The Hall–Kier alpha value is -4.79. The number of hydrogen-bond acceptors (Lipinski definition) is 17. The molecule has 5 bridgehead atoms. The zero-order valence-electron chi connectivity index (χ0n) is 39.5. The van der Waals surface area contributed by atoms with E-state index in [9.17, 15) is 39.9 Å². The molecule has 1 saturated heterocycles. The van der Waals surface area contributed by atoms with Crippen molar-refractivity contribution in [3.8, 4) is 23.0 Å². The summed E-state index contributed by atoms with van der Waals surface area (Å²) in [5.41, 5.74) is -0.166. The molecule has 66 heavy (non-hydrogen) atoms. The van der Waals surface area contributed by atoms with Crippen molar-refractivity contribution < 1.29 is 77.8 Å². The predicted molar refractivity (Wildman–Crippen MR) is 242 cm³/mol. The largest absolute Gasteiger partial charge is 0.507 e. The lowest BCUT2D eigenvalue weighted by molar-refractivity contribution is -0.160. The lowest BCUT2D eigenvalue weighted by Crippen LogP contribution is -2.46. The molecule has 0 saturated carbocycles. The second-order valence-electron chi connectivity index (χ2n) is 17.4. The number of benzene rings is 2. The smallest absolute Gasteiger partial charge is 0.312 e. The van der Waals surface area contributed by atoms with Crippen LogP contribution < -0.4 is 10.1 Å². The first-order valence-corrected chi connectivity index (χ1v) is 22.4. The number of phenols is 3. The SMILES string of the molecule is CO[C@H]1/C=C/O[C@@]2(C)Oc3c(C)c(O)c4c(O)c(c(CN5CCOCCOCCOCCOCC5)c(O)c4c3C2=O)NC(=O)/C(C)=C\C=C\[C@H](C)[C@H](O)[C@@H](C)[C@@H](O)[C@@H](C)[C@H](OC(C)=O)[C@@H]1C. The van der Waals surface area contributed by atoms with Gasteiger partial charge in [-0.1, -0.05) is 45.9 Å². The number of rotatable bonds is 4. The van der Waals surface area contributed by atoms with Gasteiger partial charge in [0.25, 0.3) is 11.7 Å². The number of aliphatic hydroxyl groups excluding tert-OH is 2. The fraction of sp³-hybridized carbons (Fsp3) is 0.604. The van der Waals surface area contributed by atoms with Gasteiger partial charge in [-0.3, -0.25) is 19.3 Å². The van der Waals surface area contributed by atoms with Crippen molar-refractivity contribution in [3.05, 3.63) is 52.8 Å². The molecule has 1 amide bonds. The standard InChI is InChI=1S/C48H68N2O16/c1-26-11-10-12-27(2)47(58)49-38-33(25-50-14-17-60-19-21-62-23-24-63-22-20-61-18-15-50)42(55)35-36(43(38)56)41(54)31(6)45-37(35)46(57)48(8,66-45)64-16-13-34(59-9)28(3)44(65-32(7)51)30(5)40(53)29(4)39(26)52/h10-13,16,26,28-30,34,39-40,44,52-56H,14-15,17-25H2,1-9H3,(H,49,58)/b11-10+,16-13+,27-12-/t26-,28+,29+,30+,34-,39-,40+,44+,48-/m0/s1. The van der Waals surface area contributed by atoms with E-state index in [0.717, 1.165) is 0 Å². The first kappa shape index (κ1) is 52.2. The summed E-state index contributed by atoms with van der Waals surface area (Å²) in [5.74, 6) is -8.39. The van der Waals surface area contributed by atoms with E-state index in [1.165, 1.54) is 53.2 Å². The fourth-order valence-electron chi connectivity index (χ4n) is 8.58. The van der Waals surface area contributed by atoms with Crippen LogP contribution in [0.2, 0.25) is 0 Å². The zero-order valence-corrected chi connectivity index (χ0v) is 39.5. The maximum Gasteiger partial charge on any atom is 0.312 e. The average molecular weight is 929 g/mol. The summed E-state index contributed by atoms with van der Waals surface area (Å²) in [6.07, 6.45) is 3.53. The number of aliphatic hydroxyl groups is 2. The third-order valence-electron chi connectivity index (χ3n) is 12.7. The molecule has 2 aromatic rings. The number of phenolic OH excluding ortho intramolecular Hbond substituents is 3. The summed E-state index contributed by atoms with van der Waals surface area (Å²) < 4.78 is 46.6. The topological polar surface area (TPSA) is 241 Å². The number of nitrogens with one attached hydrogen (secondary N) is 1. The number of aromatic hydroxyl groups is 3. The molecule has 4 aliphatic heterocycles. The highest BCUT2D eigenvalue weighted by Crippen LogP contribution is 2.55. The molecule has 0 spiro atoms. The van der Waals surface area contributed by atoms with Crippen LogP contribution in [0.3, 0.4) is 0 Å². The number of carbonyl (C=O) groups excluding carboxylic acids is 3. The number of esters is 1. The highest BCUT2D eigenvalue weighted by Gasteiger charge is 2.50. The van der Waals surface area contributed by atoms with Gasteiger partial charge in [-0.15, -0.1) is 0 Å². The third-order valence-corrected chi connectivity index (χ3v) is 12.7. The van der Waals surface area contributed by atoms with Crippen molar-refractivity contribution in [1.29, 1.82) is 0 Å². The van der Waals surface area contributed by atoms with Crippen molar-refractivity contribution in [3.63, 3.8) is 0 Å². The number of allylic oxidation sites excluding steroid dienone is 2. The molecule has 1 fully saturated rings. The van der Waals surface area contributed by atoms with E-state index in [0.29, 0.717) is 52.7 Å². The number of Topliss-reactive ketones (excluding diaryl/α,β-unsaturated/α-hetero) is 1. The van der Waals surface area contributed by atoms with Gasteiger partial charge in [-0.2, -0.15) is 0 Å². The van der Waals surface area contributed by atoms with E-state index < -0.39 is 88.8 Å². The Morgan fingerprint density at radius 1 is 0.818 bits per heavy atom. The van der Waals surface area contributed by atoms with Crippen molar-refractivity contribution in [2.75, 3.05) is 78.4 Å². The van der Waals surface area contributed by atoms with Gasteiger partial charge >= 0.3 is 11.8 Å². The molecule has 6 N–H and O–H groups in total. The van der Waals surface area contributed by atoms with E-state index in [-0.39, 0.29) is 64.2 Å². The van der Waals surface area contributed by atoms with E-state index in [1.807, 2.05) is 4.90 Å². The molecule has 366 valence electrons. The predicted octanol–water partition coefficient (Wildman–Crippen LogP) is 4.64. The molecule has 2 aromatic carbocycles. The molecule has 0 radical (unpaired) electrons. The Labute approximate surface area is 386 Å². The quantitative estimate of drug-likeness (QED) is 0.139. The molecule has 4 aliphatic rings. The van der Waals surface area contributed by atoms with Gasteiger partial charge in [0, 0.05) is 86.3 Å². The van der Waals surface area contributed by atoms with Crippen LogP contribution in [-0.4, -0.2) is 151 Å². The van der Waals surface area contributed by atoms with Gasteiger partial charge in [-0.25, -0.2) is 0 Å². The lowest BCUT2D eigenvalue weighted by atomic mass is 9.78. The minimum Gasteiger partial charge on any atom is -0.507 e. The molecule has 6 rings (SSSR count). The Balaban J connectivity index is 1.67. The van der Waals surface area contributed by atoms with Gasteiger partial charge in [-0.05, 0) is 19.9 Å². The minimum atomic E-state index is -2.07. The van der Waals surface area contributed by atoms with Crippen LogP contribution in [0.5, 0.6) is 23.0 Å². The summed E-state index contributed by atoms with van der Waals surface area (Å²) in [5, 5.41) is 61.6. The number of hydrogen-bond donors (Lipinski definition) is 6. The minimum absolute atomic E-state index is 0.0150. The first-order chi connectivity index (χ1) is 31.3. The molecule has 0 unspecified atom stereocenters. The van der Waals surface area contributed by atoms with Crippen LogP contribution >= 0.6 is 0 Å². The summed E-state index contributed by atoms with van der Waals surface area (Å²) in [7, 11) is 1.44. The van der Waals surface area contributed by atoms with Crippen molar-refractivity contribution in [1.82, 2.24) is 4.90 Å². The van der Waals surface area contributed by atoms with Gasteiger partial charge < -0.3 is 68.7 Å². The van der Waals surface area contributed by atoms with Crippen LogP contribution in [0.15, 0.2) is 36.1 Å². The number of carbonyl (C=O) groups is 3. The molecule has 9 atom stereocenters. The van der Waals surface area contributed by atoms with Gasteiger partial charge in [0.05, 0.1) is 94.1 Å². The van der Waals surface area contributed by atoms with Gasteiger partial charge in [0.2, 0.25) is 0 Å². The van der Waals surface area contributed by atoms with Gasteiger partial charge in [0.1, 0.15) is 23.4 Å². The molecule has 4 heterocycles. The molecular weight excluding hydrogens is 861 g/mol. The van der Waals surface area contributed by atoms with Crippen LogP contribution in [-0.2, 0) is 49.3 Å². The van der Waals surface area contributed by atoms with Crippen LogP contribution in [0.1, 0.15) is 70.0 Å². The Morgan fingerprint density at radius 2 is 1.41 bits per heavy atom. The average Bonchev–Trinajstić information content (AvgIpc) is 3.54. The first-order valence-electron chi connectivity index (χ1n) is 22.4. The Bertz CT molecular complexity index is 2120. The lowest BCUT2D eigenvalue weighted by Gasteiger charge is -2.38. The number of fused-ring (bicyclic) bond motifs is 14. The maximum absolute atomic E-state index is 14.7. The zero-order chi connectivity index (χ0) is 48.5. The summed E-state index contributed by atoms with van der Waals surface area (Å²) in [6, 6.07) is 0. The maximum atomic E-state index is 14.7. The van der Waals surface area contributed by atoms with Crippen LogP contribution in [0.25, 0.3) is 10.8 Å². The van der Waals surface area contributed by atoms with Crippen molar-refractivity contribution >= 4 is 34.1 Å². The normalized spacial score (nSPS) is 31.4. The number of amides is 1. The van der Waals surface area contributed by atoms with Crippen molar-refractivity contribution in [2.24, 2.45) is 23.7 Å². The van der Waals surface area contributed by atoms with E-state index >= 15 is 0 Å². The van der Waals surface area contributed by atoms with Crippen molar-refractivity contribution in [2.45, 2.75) is 92.1 Å². The second kappa shape index (κ2) is 23.3. The number of ketones is 1. The Kier molecular flexibility index (Phi) is 18.4.